The zero-order valence-electron chi connectivity index (χ0n) is 18.2. The molecule has 1 atom stereocenters. The number of nitrogens with zero attached hydrogens (tertiary/aromatic N) is 3. The largest absolute Gasteiger partial charge is 0.496 e. The smallest absolute Gasteiger partial charge is 0.242 e. The summed E-state index contributed by atoms with van der Waals surface area (Å²) < 4.78 is 11.5. The van der Waals surface area contributed by atoms with E-state index < -0.39 is 0 Å². The van der Waals surface area contributed by atoms with Crippen LogP contribution in [0.3, 0.4) is 0 Å². The molecule has 2 aliphatic heterocycles. The summed E-state index contributed by atoms with van der Waals surface area (Å²) in [5, 5.41) is 0. The minimum Gasteiger partial charge on any atom is -0.496 e. The Morgan fingerprint density at radius 3 is 2.87 bits per heavy atom. The monoisotopic (exact) mass is 425 g/mol. The Morgan fingerprint density at radius 2 is 2.00 bits per heavy atom. The van der Waals surface area contributed by atoms with E-state index in [9.17, 15) is 9.59 Å². The van der Waals surface area contributed by atoms with Gasteiger partial charge >= 0.3 is 0 Å². The van der Waals surface area contributed by atoms with Crippen molar-refractivity contribution in [3.63, 3.8) is 0 Å². The van der Waals surface area contributed by atoms with Gasteiger partial charge < -0.3 is 19.0 Å². The molecular weight excluding hydrogens is 394 g/mol. The Morgan fingerprint density at radius 1 is 1.16 bits per heavy atom. The molecule has 0 N–H and O–H groups in total. The van der Waals surface area contributed by atoms with Gasteiger partial charge in [0.2, 0.25) is 17.7 Å². The van der Waals surface area contributed by atoms with Crippen LogP contribution >= 0.6 is 0 Å². The maximum Gasteiger partial charge on any atom is 0.242 e. The van der Waals surface area contributed by atoms with Gasteiger partial charge in [0.15, 0.2) is 0 Å². The molecule has 4 rings (SSSR count). The minimum absolute atomic E-state index is 0.00979. The first kappa shape index (κ1) is 21.4. The molecule has 0 aliphatic carbocycles. The van der Waals surface area contributed by atoms with E-state index >= 15 is 0 Å². The van der Waals surface area contributed by atoms with Gasteiger partial charge in [0.1, 0.15) is 17.6 Å². The van der Waals surface area contributed by atoms with Crippen LogP contribution in [0.4, 0.5) is 0 Å². The second-order valence-corrected chi connectivity index (χ2v) is 8.38. The number of ether oxygens (including phenoxy) is 1. The van der Waals surface area contributed by atoms with Crippen molar-refractivity contribution in [3.05, 3.63) is 47.7 Å². The molecule has 0 spiro atoms. The predicted octanol–water partition coefficient (Wildman–Crippen LogP) is 3.73. The molecule has 2 amide bonds. The van der Waals surface area contributed by atoms with Crippen LogP contribution in [0.1, 0.15) is 68.2 Å². The Kier molecular flexibility index (Phi) is 6.89. The molecule has 7 heteroatoms. The van der Waals surface area contributed by atoms with Crippen LogP contribution in [0.5, 0.6) is 5.75 Å². The number of hydrogen-bond acceptors (Lipinski definition) is 5. The van der Waals surface area contributed by atoms with E-state index in [2.05, 4.69) is 4.98 Å². The van der Waals surface area contributed by atoms with Crippen molar-refractivity contribution < 1.29 is 18.7 Å². The van der Waals surface area contributed by atoms with Crippen LogP contribution in [0.2, 0.25) is 0 Å². The van der Waals surface area contributed by atoms with Crippen molar-refractivity contribution in [3.8, 4) is 5.75 Å². The molecule has 0 unspecified atom stereocenters. The normalized spacial score (nSPS) is 19.9. The summed E-state index contributed by atoms with van der Waals surface area (Å²) >= 11 is 0. The van der Waals surface area contributed by atoms with Crippen molar-refractivity contribution >= 4 is 11.8 Å². The number of carbonyl (C=O) groups excluding carboxylic acids is 2. The predicted molar refractivity (Wildman–Crippen MR) is 116 cm³/mol. The fourth-order valence-corrected chi connectivity index (χ4v) is 4.54. The molecule has 1 aromatic heterocycles. The van der Waals surface area contributed by atoms with Gasteiger partial charge in [-0.3, -0.25) is 9.59 Å². The lowest BCUT2D eigenvalue weighted by atomic mass is 10.0. The van der Waals surface area contributed by atoms with Crippen molar-refractivity contribution in [2.24, 2.45) is 0 Å². The van der Waals surface area contributed by atoms with E-state index in [1.807, 2.05) is 29.2 Å². The van der Waals surface area contributed by atoms with Crippen LogP contribution in [0.25, 0.3) is 0 Å². The van der Waals surface area contributed by atoms with E-state index in [1.165, 1.54) is 0 Å². The van der Waals surface area contributed by atoms with E-state index in [0.29, 0.717) is 31.8 Å². The van der Waals surface area contributed by atoms with Gasteiger partial charge in [0, 0.05) is 31.5 Å². The average molecular weight is 426 g/mol. The molecule has 1 aromatic carbocycles. The summed E-state index contributed by atoms with van der Waals surface area (Å²) in [5.41, 5.74) is 1.03. The van der Waals surface area contributed by atoms with Gasteiger partial charge in [-0.15, -0.1) is 0 Å². The van der Waals surface area contributed by atoms with Crippen LogP contribution in [-0.2, 0) is 16.0 Å². The van der Waals surface area contributed by atoms with Crippen LogP contribution in [-0.4, -0.2) is 53.3 Å². The number of carbonyl (C=O) groups is 2. The average Bonchev–Trinajstić information content (AvgIpc) is 3.17. The molecule has 2 aromatic rings. The lowest BCUT2D eigenvalue weighted by Crippen LogP contribution is -2.46. The molecule has 2 fully saturated rings. The zero-order valence-corrected chi connectivity index (χ0v) is 18.2. The van der Waals surface area contributed by atoms with Gasteiger partial charge in [-0.2, -0.15) is 0 Å². The van der Waals surface area contributed by atoms with Gasteiger partial charge in [-0.05, 0) is 38.2 Å². The summed E-state index contributed by atoms with van der Waals surface area (Å²) in [5.74, 6) is 2.23. The summed E-state index contributed by atoms with van der Waals surface area (Å²) in [6.45, 7) is 1.50. The van der Waals surface area contributed by atoms with Crippen LogP contribution in [0, 0.1) is 0 Å². The third-order valence-corrected chi connectivity index (χ3v) is 6.23. The first-order chi connectivity index (χ1) is 15.2. The standard InChI is InChI=1S/C24H31N3O4/c1-30-21-11-5-4-9-18(21)15-19-16-25-24(31-19)20-10-6-8-14-27(20)23(29)17-26-13-7-2-3-12-22(26)28/h4-5,9,11,16,20H,2-3,6-8,10,12-15,17H2,1H3/t20-/m1/s1. The van der Waals surface area contributed by atoms with Crippen molar-refractivity contribution in [2.45, 2.75) is 57.4 Å². The maximum absolute atomic E-state index is 13.1. The molecule has 0 bridgehead atoms. The lowest BCUT2D eigenvalue weighted by Gasteiger charge is -2.35. The third kappa shape index (κ3) is 5.09. The Balaban J connectivity index is 1.46. The number of likely N-dealkylation sites (tertiary alicyclic amines) is 2. The quantitative estimate of drug-likeness (QED) is 0.705. The number of para-hydroxylation sites is 1. The highest BCUT2D eigenvalue weighted by Gasteiger charge is 2.33. The van der Waals surface area contributed by atoms with Crippen molar-refractivity contribution in [2.75, 3.05) is 26.7 Å². The summed E-state index contributed by atoms with van der Waals surface area (Å²) in [6.07, 6.45) is 8.63. The lowest BCUT2D eigenvalue weighted by molar-refractivity contribution is -0.143. The maximum atomic E-state index is 13.1. The number of hydrogen-bond donors (Lipinski definition) is 0. The van der Waals surface area contributed by atoms with E-state index in [0.717, 1.165) is 55.6 Å². The molecule has 0 saturated carbocycles. The second-order valence-electron chi connectivity index (χ2n) is 8.38. The fraction of sp³-hybridized carbons (Fsp3) is 0.542. The topological polar surface area (TPSA) is 75.9 Å². The fourth-order valence-electron chi connectivity index (χ4n) is 4.54. The minimum atomic E-state index is -0.172. The number of oxazole rings is 1. The van der Waals surface area contributed by atoms with Gasteiger partial charge in [-0.1, -0.05) is 24.6 Å². The van der Waals surface area contributed by atoms with E-state index in [4.69, 9.17) is 9.15 Å². The molecule has 2 aliphatic rings. The Bertz CT molecular complexity index is 910. The third-order valence-electron chi connectivity index (χ3n) is 6.23. The zero-order chi connectivity index (χ0) is 21.6. The van der Waals surface area contributed by atoms with Crippen molar-refractivity contribution in [1.29, 1.82) is 0 Å². The number of aromatic nitrogens is 1. The first-order valence-corrected chi connectivity index (χ1v) is 11.3. The first-order valence-electron chi connectivity index (χ1n) is 11.3. The van der Waals surface area contributed by atoms with Gasteiger partial charge in [0.05, 0.1) is 19.9 Å². The molecule has 166 valence electrons. The van der Waals surface area contributed by atoms with Crippen molar-refractivity contribution in [1.82, 2.24) is 14.8 Å². The number of piperidine rings is 1. The molecule has 0 radical (unpaired) electrons. The molecule has 7 nitrogen and oxygen atoms in total. The highest BCUT2D eigenvalue weighted by atomic mass is 16.5. The number of methoxy groups -OCH3 is 1. The molecule has 2 saturated heterocycles. The SMILES string of the molecule is COc1ccccc1Cc1cnc([C@H]2CCCCN2C(=O)CN2CCCCCC2=O)o1. The molecule has 31 heavy (non-hydrogen) atoms. The van der Waals surface area contributed by atoms with E-state index in [-0.39, 0.29) is 24.4 Å². The van der Waals surface area contributed by atoms with E-state index in [1.54, 1.807) is 18.2 Å². The number of amides is 2. The van der Waals surface area contributed by atoms with Crippen LogP contribution in [0.15, 0.2) is 34.9 Å². The number of benzene rings is 1. The summed E-state index contributed by atoms with van der Waals surface area (Å²) in [6, 6.07) is 7.68. The van der Waals surface area contributed by atoms with Gasteiger partial charge in [0.25, 0.3) is 0 Å². The highest BCUT2D eigenvalue weighted by molar-refractivity contribution is 5.85. The Labute approximate surface area is 183 Å². The highest BCUT2D eigenvalue weighted by Crippen LogP contribution is 2.32. The second kappa shape index (κ2) is 9.98. The summed E-state index contributed by atoms with van der Waals surface area (Å²) in [4.78, 5) is 33.6. The van der Waals surface area contributed by atoms with Crippen LogP contribution < -0.4 is 4.74 Å². The molecule has 3 heterocycles. The Hall–Kier alpha value is -2.83. The number of rotatable bonds is 6. The summed E-state index contributed by atoms with van der Waals surface area (Å²) in [7, 11) is 1.66. The van der Waals surface area contributed by atoms with Gasteiger partial charge in [-0.25, -0.2) is 4.98 Å². The molecular formula is C24H31N3O4.